The van der Waals surface area contributed by atoms with E-state index in [1.807, 2.05) is 14.0 Å². The first-order valence-corrected chi connectivity index (χ1v) is 7.02. The number of carbonyl (C=O) groups is 1. The van der Waals surface area contributed by atoms with Gasteiger partial charge in [-0.2, -0.15) is 5.26 Å². The van der Waals surface area contributed by atoms with Crippen LogP contribution in [0, 0.1) is 11.3 Å². The first-order chi connectivity index (χ1) is 9.49. The maximum Gasteiger partial charge on any atom is 0.241 e. The molecule has 0 fully saturated rings. The summed E-state index contributed by atoms with van der Waals surface area (Å²) < 4.78 is 0. The Morgan fingerprint density at radius 3 is 2.75 bits per heavy atom. The predicted molar refractivity (Wildman–Crippen MR) is 81.4 cm³/mol. The Morgan fingerprint density at radius 1 is 1.45 bits per heavy atom. The standard InChI is InChI=1S/C16H23N3O/c1-5-7-12(2)19(4)13(3)16(20)18-15-9-6-8-14(10-15)11-17/h6,8-10,12-13H,5,7H2,1-4H3,(H,18,20). The molecule has 1 amide bonds. The van der Waals surface area contributed by atoms with E-state index in [0.29, 0.717) is 17.3 Å². The lowest BCUT2D eigenvalue weighted by Gasteiger charge is -2.29. The molecule has 0 aliphatic heterocycles. The summed E-state index contributed by atoms with van der Waals surface area (Å²) in [7, 11) is 1.97. The second-order valence-electron chi connectivity index (χ2n) is 5.16. The van der Waals surface area contributed by atoms with E-state index in [1.165, 1.54) is 0 Å². The molecule has 0 spiro atoms. The summed E-state index contributed by atoms with van der Waals surface area (Å²) >= 11 is 0. The summed E-state index contributed by atoms with van der Waals surface area (Å²) in [5, 5.41) is 11.7. The Hall–Kier alpha value is -1.86. The van der Waals surface area contributed by atoms with Crippen LogP contribution < -0.4 is 5.32 Å². The molecule has 1 rings (SSSR count). The molecule has 0 aromatic heterocycles. The summed E-state index contributed by atoms with van der Waals surface area (Å²) in [6, 6.07) is 9.18. The van der Waals surface area contributed by atoms with Gasteiger partial charge >= 0.3 is 0 Å². The first kappa shape index (κ1) is 16.2. The van der Waals surface area contributed by atoms with Crippen molar-refractivity contribution in [3.05, 3.63) is 29.8 Å². The quantitative estimate of drug-likeness (QED) is 0.866. The van der Waals surface area contributed by atoms with E-state index in [-0.39, 0.29) is 11.9 Å². The van der Waals surface area contributed by atoms with Crippen molar-refractivity contribution in [2.24, 2.45) is 0 Å². The molecule has 0 heterocycles. The van der Waals surface area contributed by atoms with Gasteiger partial charge in [0, 0.05) is 11.7 Å². The van der Waals surface area contributed by atoms with Gasteiger partial charge in [0.2, 0.25) is 5.91 Å². The third kappa shape index (κ3) is 4.36. The minimum atomic E-state index is -0.206. The molecule has 1 aromatic rings. The average Bonchev–Trinajstić information content (AvgIpc) is 2.46. The first-order valence-electron chi connectivity index (χ1n) is 7.02. The van der Waals surface area contributed by atoms with Crippen LogP contribution >= 0.6 is 0 Å². The number of hydrogen-bond acceptors (Lipinski definition) is 3. The number of nitriles is 1. The average molecular weight is 273 g/mol. The molecule has 0 aliphatic rings. The van der Waals surface area contributed by atoms with Crippen molar-refractivity contribution in [1.82, 2.24) is 4.90 Å². The van der Waals surface area contributed by atoms with Crippen LogP contribution in [0.15, 0.2) is 24.3 Å². The number of amides is 1. The molecule has 0 saturated heterocycles. The zero-order valence-electron chi connectivity index (χ0n) is 12.7. The van der Waals surface area contributed by atoms with E-state index in [2.05, 4.69) is 30.1 Å². The minimum Gasteiger partial charge on any atom is -0.325 e. The van der Waals surface area contributed by atoms with Gasteiger partial charge in [0.25, 0.3) is 0 Å². The topological polar surface area (TPSA) is 56.1 Å². The van der Waals surface area contributed by atoms with Crippen molar-refractivity contribution >= 4 is 11.6 Å². The number of benzene rings is 1. The van der Waals surface area contributed by atoms with E-state index in [1.54, 1.807) is 24.3 Å². The second kappa shape index (κ2) is 7.66. The maximum absolute atomic E-state index is 12.2. The lowest BCUT2D eigenvalue weighted by Crippen LogP contribution is -2.44. The van der Waals surface area contributed by atoms with Gasteiger partial charge in [-0.25, -0.2) is 0 Å². The van der Waals surface area contributed by atoms with Gasteiger partial charge in [-0.3, -0.25) is 9.69 Å². The fourth-order valence-corrected chi connectivity index (χ4v) is 2.10. The molecule has 2 atom stereocenters. The Balaban J connectivity index is 2.68. The van der Waals surface area contributed by atoms with Crippen LogP contribution in [0.4, 0.5) is 5.69 Å². The van der Waals surface area contributed by atoms with Gasteiger partial charge in [-0.1, -0.05) is 19.4 Å². The maximum atomic E-state index is 12.2. The molecule has 20 heavy (non-hydrogen) atoms. The normalized spacial score (nSPS) is 13.6. The minimum absolute atomic E-state index is 0.0504. The molecule has 0 aliphatic carbocycles. The predicted octanol–water partition coefficient (Wildman–Crippen LogP) is 3.01. The number of anilines is 1. The fourth-order valence-electron chi connectivity index (χ4n) is 2.10. The number of hydrogen-bond donors (Lipinski definition) is 1. The Bertz CT molecular complexity index is 493. The van der Waals surface area contributed by atoms with E-state index < -0.39 is 0 Å². The Morgan fingerprint density at radius 2 is 2.15 bits per heavy atom. The third-order valence-corrected chi connectivity index (χ3v) is 3.65. The van der Waals surface area contributed by atoms with Crippen molar-refractivity contribution in [2.75, 3.05) is 12.4 Å². The Kier molecular flexibility index (Phi) is 6.20. The number of likely N-dealkylation sites (N-methyl/N-ethyl adjacent to an activating group) is 1. The highest BCUT2D eigenvalue weighted by atomic mass is 16.2. The van der Waals surface area contributed by atoms with Crippen LogP contribution in [0.1, 0.15) is 39.2 Å². The van der Waals surface area contributed by atoms with Crippen molar-refractivity contribution in [2.45, 2.75) is 45.7 Å². The van der Waals surface area contributed by atoms with Crippen LogP contribution in [0.2, 0.25) is 0 Å². The summed E-state index contributed by atoms with van der Waals surface area (Å²) in [6.07, 6.45) is 2.17. The van der Waals surface area contributed by atoms with Crippen LogP contribution in [-0.2, 0) is 4.79 Å². The molecule has 0 bridgehead atoms. The van der Waals surface area contributed by atoms with Crippen LogP contribution in [-0.4, -0.2) is 29.9 Å². The van der Waals surface area contributed by atoms with Gasteiger partial charge in [0.1, 0.15) is 0 Å². The highest BCUT2D eigenvalue weighted by Gasteiger charge is 2.21. The summed E-state index contributed by atoms with van der Waals surface area (Å²) in [4.78, 5) is 14.3. The van der Waals surface area contributed by atoms with Gasteiger partial charge in [-0.05, 0) is 45.5 Å². The summed E-state index contributed by atoms with van der Waals surface area (Å²) in [5.74, 6) is -0.0504. The second-order valence-corrected chi connectivity index (χ2v) is 5.16. The van der Waals surface area contributed by atoms with Crippen molar-refractivity contribution < 1.29 is 4.79 Å². The van der Waals surface area contributed by atoms with Gasteiger partial charge in [-0.15, -0.1) is 0 Å². The molecule has 0 radical (unpaired) electrons. The van der Waals surface area contributed by atoms with E-state index in [9.17, 15) is 4.79 Å². The molecule has 4 heteroatoms. The van der Waals surface area contributed by atoms with Crippen LogP contribution in [0.5, 0.6) is 0 Å². The lowest BCUT2D eigenvalue weighted by atomic mass is 10.1. The number of carbonyl (C=O) groups excluding carboxylic acids is 1. The zero-order valence-corrected chi connectivity index (χ0v) is 12.7. The lowest BCUT2D eigenvalue weighted by molar-refractivity contribution is -0.121. The SMILES string of the molecule is CCCC(C)N(C)C(C)C(=O)Nc1cccc(C#N)c1. The largest absolute Gasteiger partial charge is 0.325 e. The summed E-state index contributed by atoms with van der Waals surface area (Å²) in [6.45, 7) is 6.17. The van der Waals surface area contributed by atoms with E-state index in [0.717, 1.165) is 12.8 Å². The van der Waals surface area contributed by atoms with Gasteiger partial charge < -0.3 is 5.32 Å². The van der Waals surface area contributed by atoms with Crippen molar-refractivity contribution in [3.8, 4) is 6.07 Å². The Labute approximate surface area is 121 Å². The smallest absolute Gasteiger partial charge is 0.241 e. The molecular weight excluding hydrogens is 250 g/mol. The van der Waals surface area contributed by atoms with Crippen LogP contribution in [0.3, 0.4) is 0 Å². The van der Waals surface area contributed by atoms with E-state index in [4.69, 9.17) is 5.26 Å². The van der Waals surface area contributed by atoms with Crippen molar-refractivity contribution in [1.29, 1.82) is 5.26 Å². The highest BCUT2D eigenvalue weighted by molar-refractivity contribution is 5.94. The molecule has 2 unspecified atom stereocenters. The molecule has 108 valence electrons. The monoisotopic (exact) mass is 273 g/mol. The van der Waals surface area contributed by atoms with Gasteiger partial charge in [0.15, 0.2) is 0 Å². The highest BCUT2D eigenvalue weighted by Crippen LogP contribution is 2.13. The summed E-state index contributed by atoms with van der Waals surface area (Å²) in [5.41, 5.74) is 1.21. The number of rotatable bonds is 6. The fraction of sp³-hybridized carbons (Fsp3) is 0.500. The molecule has 0 saturated carbocycles. The van der Waals surface area contributed by atoms with Gasteiger partial charge in [0.05, 0.1) is 17.7 Å². The number of nitrogens with one attached hydrogen (secondary N) is 1. The molecule has 4 nitrogen and oxygen atoms in total. The third-order valence-electron chi connectivity index (χ3n) is 3.65. The number of nitrogens with zero attached hydrogens (tertiary/aromatic N) is 2. The molecular formula is C16H23N3O. The van der Waals surface area contributed by atoms with Crippen molar-refractivity contribution in [3.63, 3.8) is 0 Å². The van der Waals surface area contributed by atoms with E-state index >= 15 is 0 Å². The molecule has 1 N–H and O–H groups in total. The zero-order chi connectivity index (χ0) is 15.1. The molecule has 1 aromatic carbocycles. The van der Waals surface area contributed by atoms with Crippen LogP contribution in [0.25, 0.3) is 0 Å².